The van der Waals surface area contributed by atoms with E-state index in [9.17, 15) is 9.59 Å². The molecule has 66 valence electrons. The number of aromatic nitrogens is 4. The highest BCUT2D eigenvalue weighted by molar-refractivity contribution is 6.09. The van der Waals surface area contributed by atoms with Gasteiger partial charge in [0.15, 0.2) is 0 Å². The molecule has 4 radical (unpaired) electrons. The molecule has 0 aliphatic carbocycles. The van der Waals surface area contributed by atoms with Gasteiger partial charge in [-0.25, -0.2) is 9.59 Å². The van der Waals surface area contributed by atoms with E-state index in [0.717, 1.165) is 0 Å². The van der Waals surface area contributed by atoms with E-state index in [4.69, 9.17) is 0 Å². The van der Waals surface area contributed by atoms with Crippen molar-refractivity contribution in [2.45, 2.75) is 0 Å². The second-order valence-corrected chi connectivity index (χ2v) is 2.33. The number of hydrogen-bond donors (Lipinski definition) is 0. The van der Waals surface area contributed by atoms with Crippen molar-refractivity contribution in [2.24, 2.45) is 0 Å². The van der Waals surface area contributed by atoms with E-state index >= 15 is 0 Å². The molecule has 0 saturated heterocycles. The van der Waals surface area contributed by atoms with Gasteiger partial charge in [0, 0.05) is 0 Å². The highest BCUT2D eigenvalue weighted by Crippen LogP contribution is 1.90. The molecule has 0 fully saturated rings. The van der Waals surface area contributed by atoms with Crippen LogP contribution in [0.5, 0.6) is 0 Å². The van der Waals surface area contributed by atoms with Crippen LogP contribution >= 0.6 is 0 Å². The molecule has 1 aromatic rings. The third kappa shape index (κ3) is 2.47. The van der Waals surface area contributed by atoms with Crippen LogP contribution in [0.15, 0.2) is 0 Å². The van der Waals surface area contributed by atoms with Crippen LogP contribution in [0.4, 0.5) is 0 Å². The SMILES string of the molecule is O=C([O][Al])c1nnc(C(=O)[O][Al])nn1. The lowest BCUT2D eigenvalue weighted by Gasteiger charge is -1.99. The van der Waals surface area contributed by atoms with Crippen LogP contribution in [-0.2, 0) is 7.58 Å². The summed E-state index contributed by atoms with van der Waals surface area (Å²) in [6.07, 6.45) is 0. The van der Waals surface area contributed by atoms with Crippen molar-refractivity contribution in [1.29, 1.82) is 0 Å². The number of carbonyl (C=O) groups is 2. The van der Waals surface area contributed by atoms with Crippen LogP contribution in [0.2, 0.25) is 0 Å². The topological polar surface area (TPSA) is 104 Å². The van der Waals surface area contributed by atoms with Crippen LogP contribution in [0.25, 0.3) is 0 Å². The zero-order valence-corrected chi connectivity index (χ0v) is 8.89. The fraction of sp³-hybridized carbons (Fsp3) is 0. The lowest BCUT2D eigenvalue weighted by atomic mass is 10.6. The molecule has 0 unspecified atom stereocenters. The molecule has 8 nitrogen and oxygen atoms in total. The van der Waals surface area contributed by atoms with Gasteiger partial charge < -0.3 is 7.58 Å². The Balaban J connectivity index is 2.89. The van der Waals surface area contributed by atoms with Gasteiger partial charge in [-0.15, -0.1) is 20.4 Å². The Morgan fingerprint density at radius 3 is 1.36 bits per heavy atom. The third-order valence-corrected chi connectivity index (χ3v) is 1.49. The molecular weight excluding hydrogens is 222 g/mol. The van der Waals surface area contributed by atoms with Gasteiger partial charge in [0.05, 0.1) is 0 Å². The van der Waals surface area contributed by atoms with E-state index in [-0.39, 0.29) is 11.6 Å². The summed E-state index contributed by atoms with van der Waals surface area (Å²) in [6, 6.07) is 0. The van der Waals surface area contributed by atoms with E-state index in [2.05, 4.69) is 28.0 Å². The fourth-order valence-electron chi connectivity index (χ4n) is 0.498. The molecule has 0 spiro atoms. The summed E-state index contributed by atoms with van der Waals surface area (Å²) in [5, 5.41) is 13.2. The molecule has 1 heterocycles. The lowest BCUT2D eigenvalue weighted by molar-refractivity contribution is 0.0709. The standard InChI is InChI=1S/C4H2N4O4.2Al/c9-3(10)1-5-7-2(4(11)12)8-6-1;;/h(H,9,10)(H,11,12);;/q;2*+1/p-2. The molecule has 0 saturated carbocycles. The van der Waals surface area contributed by atoms with Crippen molar-refractivity contribution >= 4 is 45.2 Å². The second kappa shape index (κ2) is 4.98. The Bertz CT molecular complexity index is 320. The minimum absolute atomic E-state index is 0.347. The highest BCUT2D eigenvalue weighted by atomic mass is 27.1. The summed E-state index contributed by atoms with van der Waals surface area (Å²) in [6.45, 7) is 0. The fourth-order valence-corrected chi connectivity index (χ4v) is 0.709. The van der Waals surface area contributed by atoms with Crippen LogP contribution in [0.1, 0.15) is 21.2 Å². The average Bonchev–Trinajstić information content (AvgIpc) is 2.27. The lowest BCUT2D eigenvalue weighted by Crippen LogP contribution is -2.16. The number of hydrogen-bond acceptors (Lipinski definition) is 8. The molecule has 14 heavy (non-hydrogen) atoms. The average molecular weight is 222 g/mol. The van der Waals surface area contributed by atoms with Crippen LogP contribution in [0, 0.1) is 0 Å². The molecule has 0 N–H and O–H groups in total. The first-order valence-corrected chi connectivity index (χ1v) is 4.03. The van der Waals surface area contributed by atoms with Gasteiger partial charge in [-0.2, -0.15) is 0 Å². The minimum atomic E-state index is -0.819. The Hall–Kier alpha value is -1.06. The van der Waals surface area contributed by atoms with Crippen LogP contribution < -0.4 is 0 Å². The maximum absolute atomic E-state index is 10.8. The Morgan fingerprint density at radius 1 is 0.857 bits per heavy atom. The smallest absolute Gasteiger partial charge is 0.485 e. The van der Waals surface area contributed by atoms with Crippen LogP contribution in [0.3, 0.4) is 0 Å². The van der Waals surface area contributed by atoms with Crippen molar-refractivity contribution in [2.75, 3.05) is 0 Å². The zero-order valence-electron chi connectivity index (χ0n) is 6.58. The summed E-state index contributed by atoms with van der Waals surface area (Å²) in [4.78, 5) is 21.6. The van der Waals surface area contributed by atoms with Gasteiger partial charge in [-0.05, 0) is 0 Å². The molecule has 1 rings (SSSR count). The van der Waals surface area contributed by atoms with Crippen molar-refractivity contribution in [3.8, 4) is 0 Å². The third-order valence-electron chi connectivity index (χ3n) is 1.06. The van der Waals surface area contributed by atoms with Crippen molar-refractivity contribution in [3.05, 3.63) is 11.6 Å². The summed E-state index contributed by atoms with van der Waals surface area (Å²) in [5.74, 6) is -2.33. The van der Waals surface area contributed by atoms with Gasteiger partial charge in [0.25, 0.3) is 11.6 Å². The van der Waals surface area contributed by atoms with Crippen molar-refractivity contribution in [1.82, 2.24) is 20.4 Å². The normalized spacial score (nSPS) is 9.14. The van der Waals surface area contributed by atoms with Gasteiger partial charge in [-0.3, -0.25) is 0 Å². The van der Waals surface area contributed by atoms with E-state index in [1.807, 2.05) is 0 Å². The number of nitrogens with zero attached hydrogens (tertiary/aromatic N) is 4. The largest absolute Gasteiger partial charge is 0.622 e. The van der Waals surface area contributed by atoms with Gasteiger partial charge >= 0.3 is 45.2 Å². The second-order valence-electron chi connectivity index (χ2n) is 1.86. The quantitative estimate of drug-likeness (QED) is 0.516. The first kappa shape index (κ1) is 11.0. The first-order valence-electron chi connectivity index (χ1n) is 3.08. The monoisotopic (exact) mass is 222 g/mol. The first-order chi connectivity index (χ1) is 6.69. The van der Waals surface area contributed by atoms with Gasteiger partial charge in [0.2, 0.25) is 0 Å². The molecule has 0 atom stereocenters. The molecule has 0 aromatic carbocycles. The van der Waals surface area contributed by atoms with Crippen molar-refractivity contribution in [3.63, 3.8) is 0 Å². The summed E-state index contributed by atoms with van der Waals surface area (Å²) >= 11 is 3.45. The van der Waals surface area contributed by atoms with Gasteiger partial charge in [-0.1, -0.05) is 0 Å². The molecule has 1 aromatic heterocycles. The van der Waals surface area contributed by atoms with Gasteiger partial charge in [0.1, 0.15) is 0 Å². The predicted octanol–water partition coefficient (Wildman–Crippen LogP) is -2.25. The Morgan fingerprint density at radius 2 is 1.14 bits per heavy atom. The molecule has 0 aliphatic heterocycles. The number of rotatable bonds is 2. The summed E-state index contributed by atoms with van der Waals surface area (Å²) in [7, 11) is 0. The molecule has 0 amide bonds. The molecule has 0 aliphatic rings. The summed E-state index contributed by atoms with van der Waals surface area (Å²) < 4.78 is 8.43. The van der Waals surface area contributed by atoms with E-state index < -0.39 is 11.9 Å². The van der Waals surface area contributed by atoms with E-state index in [1.54, 1.807) is 33.2 Å². The van der Waals surface area contributed by atoms with E-state index in [1.165, 1.54) is 0 Å². The minimum Gasteiger partial charge on any atom is -0.622 e. The van der Waals surface area contributed by atoms with Crippen molar-refractivity contribution < 1.29 is 17.2 Å². The Labute approximate surface area is 94.5 Å². The Kier molecular flexibility index (Phi) is 3.92. The van der Waals surface area contributed by atoms with Crippen LogP contribution in [-0.4, -0.2) is 65.6 Å². The zero-order chi connectivity index (χ0) is 10.6. The highest BCUT2D eigenvalue weighted by Gasteiger charge is 2.13. The molecule has 0 bridgehead atoms. The summed E-state index contributed by atoms with van der Waals surface area (Å²) in [5.41, 5.74) is 0. The maximum Gasteiger partial charge on any atom is 0.485 e. The maximum atomic E-state index is 10.8. The number of carbonyl (C=O) groups excluding carboxylic acids is 2. The molecule has 10 heteroatoms. The predicted molar refractivity (Wildman–Crippen MR) is 40.0 cm³/mol. The molecular formula is C4Al2N4O4. The van der Waals surface area contributed by atoms with E-state index in [0.29, 0.717) is 0 Å².